The molecule has 8 aromatic rings. The number of aliphatic hydroxyl groups excluding tert-OH is 1. The van der Waals surface area contributed by atoms with E-state index in [2.05, 4.69) is 175 Å². The molecule has 3 aromatic heterocycles. The Bertz CT molecular complexity index is 3000. The standard InChI is InChI=1S/C31H30NO.C20H20NSi.C13H24O2.Ir/c1-30(2,3)25-19-22(18-21-14-10-11-15-23(21)25)27-29-24(16-17-32-27)26(31(4,5)6)28(33-29)20-12-8-7-9-13-20;1-22(2,3)19-12-10-16(11-13-19)17-7-6-8-18(15-17)20-9-4-5-14-21-20;1-5-10(6-2)12(14)9-13(15)11(7-3)8-4;/h7-17,19H,1-6H3;4-7,9-15H,1-3H3;9-11,14H,5-8H2,1-4H3;/q2*-1;;/b;;12-9-;. The van der Waals surface area contributed by atoms with Crippen molar-refractivity contribution < 1.29 is 34.4 Å². The summed E-state index contributed by atoms with van der Waals surface area (Å²) in [5, 5.41) is 14.7. The summed E-state index contributed by atoms with van der Waals surface area (Å²) in [7, 11) is -1.24. The Morgan fingerprint density at radius 3 is 1.89 bits per heavy atom. The van der Waals surface area contributed by atoms with Crippen molar-refractivity contribution in [3.8, 4) is 45.0 Å². The third-order valence-corrected chi connectivity index (χ3v) is 15.2. The summed E-state index contributed by atoms with van der Waals surface area (Å²) in [5.74, 6) is 1.47. The summed E-state index contributed by atoms with van der Waals surface area (Å²) in [5.41, 5.74) is 10.6. The van der Waals surface area contributed by atoms with Crippen molar-refractivity contribution in [2.45, 2.75) is 125 Å². The number of aliphatic hydroxyl groups is 1. The van der Waals surface area contributed by atoms with Gasteiger partial charge >= 0.3 is 0 Å². The molecule has 0 amide bonds. The minimum absolute atomic E-state index is 0. The molecule has 0 atom stereocenters. The molecule has 5 nitrogen and oxygen atoms in total. The zero-order valence-electron chi connectivity index (χ0n) is 44.3. The smallest absolute Gasteiger partial charge is 0.162 e. The first kappa shape index (κ1) is 56.2. The van der Waals surface area contributed by atoms with Crippen LogP contribution in [0.25, 0.3) is 66.7 Å². The van der Waals surface area contributed by atoms with E-state index in [0.29, 0.717) is 0 Å². The van der Waals surface area contributed by atoms with Crippen LogP contribution in [0.2, 0.25) is 19.6 Å². The molecule has 8 rings (SSSR count). The number of carbonyl (C=O) groups excluding carboxylic acids is 1. The maximum absolute atomic E-state index is 11.7. The van der Waals surface area contributed by atoms with Gasteiger partial charge in [0.05, 0.1) is 13.8 Å². The molecule has 373 valence electrons. The number of rotatable bonds is 12. The van der Waals surface area contributed by atoms with Crippen molar-refractivity contribution in [3.05, 3.63) is 175 Å². The second kappa shape index (κ2) is 24.6. The topological polar surface area (TPSA) is 76.2 Å². The Morgan fingerprint density at radius 2 is 1.30 bits per heavy atom. The maximum atomic E-state index is 11.7. The van der Waals surface area contributed by atoms with Crippen LogP contribution in [0.4, 0.5) is 0 Å². The SMILES string of the molecule is CC(C)(C)c1cc(-c2nccc3c(C(C)(C)C)c(-c4ccccc4)oc23)[c-]c2ccccc12.CCC(CC)C(=O)/C=C(\O)C(CC)CC.C[Si](C)(C)c1ccc(-c2cc[c-]c(-c3ccccn3)c2)cc1.[Ir]. The van der Waals surface area contributed by atoms with Crippen molar-refractivity contribution in [1.29, 1.82) is 0 Å². The van der Waals surface area contributed by atoms with Gasteiger partial charge < -0.3 is 14.5 Å². The molecule has 0 saturated carbocycles. The third-order valence-electron chi connectivity index (χ3n) is 13.1. The molecule has 3 heterocycles. The van der Waals surface area contributed by atoms with E-state index in [0.717, 1.165) is 75.9 Å². The fraction of sp³-hybridized carbons (Fsp3) is 0.328. The Balaban J connectivity index is 0.000000214. The molecule has 0 spiro atoms. The molecule has 0 saturated heterocycles. The van der Waals surface area contributed by atoms with E-state index in [4.69, 9.17) is 9.40 Å². The number of nitrogens with zero attached hydrogens (tertiary/aromatic N) is 2. The van der Waals surface area contributed by atoms with Crippen LogP contribution < -0.4 is 5.19 Å². The first-order chi connectivity index (χ1) is 33.3. The second-order valence-electron chi connectivity index (χ2n) is 21.4. The zero-order valence-corrected chi connectivity index (χ0v) is 47.7. The normalized spacial score (nSPS) is 12.0. The Labute approximate surface area is 439 Å². The summed E-state index contributed by atoms with van der Waals surface area (Å²) >= 11 is 0. The molecule has 0 unspecified atom stereocenters. The largest absolute Gasteiger partial charge is 0.512 e. The number of hydrogen-bond donors (Lipinski definition) is 1. The number of benzene rings is 5. The van der Waals surface area contributed by atoms with Crippen LogP contribution in [0.15, 0.2) is 156 Å². The average Bonchev–Trinajstić information content (AvgIpc) is 3.76. The molecule has 0 fully saturated rings. The number of furan rings is 1. The molecular weight excluding hydrogens is 1070 g/mol. The first-order valence-electron chi connectivity index (χ1n) is 25.2. The van der Waals surface area contributed by atoms with Crippen LogP contribution in [0, 0.1) is 24.0 Å². The fourth-order valence-corrected chi connectivity index (χ4v) is 10.2. The quantitative estimate of drug-likeness (QED) is 0.0571. The summed E-state index contributed by atoms with van der Waals surface area (Å²) < 4.78 is 6.65. The number of fused-ring (bicyclic) bond motifs is 2. The molecule has 0 bridgehead atoms. The zero-order chi connectivity index (χ0) is 50.8. The summed E-state index contributed by atoms with van der Waals surface area (Å²) in [4.78, 5) is 20.9. The Morgan fingerprint density at radius 1 is 0.662 bits per heavy atom. The van der Waals surface area contributed by atoms with E-state index >= 15 is 0 Å². The molecule has 0 aliphatic carbocycles. The van der Waals surface area contributed by atoms with Gasteiger partial charge in [0.25, 0.3) is 0 Å². The number of ketones is 1. The molecular formula is C64H74IrN2O3Si-2. The van der Waals surface area contributed by atoms with Crippen LogP contribution in [0.1, 0.15) is 106 Å². The predicted octanol–water partition coefficient (Wildman–Crippen LogP) is 17.3. The molecule has 71 heavy (non-hydrogen) atoms. The summed E-state index contributed by atoms with van der Waals surface area (Å²) in [6, 6.07) is 51.3. The molecule has 0 aliphatic rings. The first-order valence-corrected chi connectivity index (χ1v) is 28.7. The van der Waals surface area contributed by atoms with Gasteiger partial charge in [-0.2, -0.15) is 0 Å². The summed E-state index contributed by atoms with van der Waals surface area (Å²) in [6.45, 7) is 28.7. The molecule has 7 heteroatoms. The number of aromatic nitrogens is 2. The van der Waals surface area contributed by atoms with E-state index in [1.165, 1.54) is 38.9 Å². The van der Waals surface area contributed by atoms with Crippen molar-refractivity contribution in [1.82, 2.24) is 9.97 Å². The van der Waals surface area contributed by atoms with Crippen LogP contribution in [-0.4, -0.2) is 28.9 Å². The Hall–Kier alpha value is -5.72. The average molecular weight is 1140 g/mol. The van der Waals surface area contributed by atoms with Gasteiger partial charge in [-0.05, 0) is 59.9 Å². The molecule has 1 radical (unpaired) electrons. The number of hydrogen-bond acceptors (Lipinski definition) is 5. The minimum atomic E-state index is -1.24. The predicted molar refractivity (Wildman–Crippen MR) is 299 cm³/mol. The van der Waals surface area contributed by atoms with Crippen LogP contribution in [0.5, 0.6) is 0 Å². The van der Waals surface area contributed by atoms with Crippen LogP contribution in [0.3, 0.4) is 0 Å². The van der Waals surface area contributed by atoms with E-state index in [-0.39, 0.29) is 54.3 Å². The van der Waals surface area contributed by atoms with Gasteiger partial charge in [0, 0.05) is 72.6 Å². The van der Waals surface area contributed by atoms with Gasteiger partial charge in [-0.1, -0.05) is 190 Å². The van der Waals surface area contributed by atoms with Gasteiger partial charge in [-0.25, -0.2) is 0 Å². The van der Waals surface area contributed by atoms with E-state index in [9.17, 15) is 9.90 Å². The van der Waals surface area contributed by atoms with Gasteiger partial charge in [-0.3, -0.25) is 9.78 Å². The van der Waals surface area contributed by atoms with E-state index < -0.39 is 8.07 Å². The summed E-state index contributed by atoms with van der Waals surface area (Å²) in [6.07, 6.45) is 8.62. The number of carbonyl (C=O) groups is 1. The molecule has 1 N–H and O–H groups in total. The van der Waals surface area contributed by atoms with Crippen molar-refractivity contribution in [3.63, 3.8) is 0 Å². The van der Waals surface area contributed by atoms with Crippen molar-refractivity contribution >= 4 is 40.8 Å². The molecule has 5 aromatic carbocycles. The Kier molecular flexibility index (Phi) is 19.5. The third kappa shape index (κ3) is 14.0. The van der Waals surface area contributed by atoms with Gasteiger partial charge in [0.2, 0.25) is 0 Å². The monoisotopic (exact) mass is 1140 g/mol. The number of pyridine rings is 2. The maximum Gasteiger partial charge on any atom is 0.162 e. The van der Waals surface area contributed by atoms with Gasteiger partial charge in [0.1, 0.15) is 11.3 Å². The van der Waals surface area contributed by atoms with Crippen molar-refractivity contribution in [2.24, 2.45) is 11.8 Å². The minimum Gasteiger partial charge on any atom is -0.512 e. The van der Waals surface area contributed by atoms with Crippen molar-refractivity contribution in [2.75, 3.05) is 0 Å². The molecule has 0 aliphatic heterocycles. The van der Waals surface area contributed by atoms with Crippen LogP contribution in [-0.2, 0) is 35.7 Å². The van der Waals surface area contributed by atoms with Gasteiger partial charge in [0.15, 0.2) is 5.78 Å². The van der Waals surface area contributed by atoms with E-state index in [1.54, 1.807) is 0 Å². The van der Waals surface area contributed by atoms with E-state index in [1.807, 2.05) is 70.4 Å². The van der Waals surface area contributed by atoms with Crippen LogP contribution >= 0.6 is 0 Å². The second-order valence-corrected chi connectivity index (χ2v) is 26.5. The number of allylic oxidation sites excluding steroid dienone is 2. The fourth-order valence-electron chi connectivity index (χ4n) is 8.99. The van der Waals surface area contributed by atoms with Gasteiger partial charge in [-0.15, -0.1) is 64.5 Å².